The number of nitrogens with two attached hydrogens (primary N) is 1. The first-order valence-corrected chi connectivity index (χ1v) is 9.42. The van der Waals surface area contributed by atoms with E-state index < -0.39 is 23.8 Å². The molecule has 2 aromatic rings. The van der Waals surface area contributed by atoms with Crippen LogP contribution in [0.1, 0.15) is 24.2 Å². The molecule has 0 saturated carbocycles. The Kier molecular flexibility index (Phi) is 8.50. The first kappa shape index (κ1) is 23.3. The van der Waals surface area contributed by atoms with Crippen molar-refractivity contribution < 1.29 is 33.3 Å². The number of carbonyl (C=O) groups is 3. The number of carbonyl (C=O) groups excluding carboxylic acids is 3. The summed E-state index contributed by atoms with van der Waals surface area (Å²) >= 11 is 0. The molecule has 3 amide bonds. The second kappa shape index (κ2) is 11.3. The highest BCUT2D eigenvalue weighted by Gasteiger charge is 2.17. The molecule has 1 unspecified atom stereocenters. The molecule has 4 N–H and O–H groups in total. The summed E-state index contributed by atoms with van der Waals surface area (Å²) in [4.78, 5) is 35.4. The topological polar surface area (TPSA) is 138 Å². The van der Waals surface area contributed by atoms with Crippen LogP contribution in [0.2, 0.25) is 0 Å². The van der Waals surface area contributed by atoms with Gasteiger partial charge in [0.15, 0.2) is 24.2 Å². The maximum atomic E-state index is 12.3. The third-order valence-corrected chi connectivity index (χ3v) is 3.91. The van der Waals surface area contributed by atoms with Gasteiger partial charge >= 0.3 is 0 Å². The minimum absolute atomic E-state index is 0.198. The molecule has 2 aromatic carbocycles. The van der Waals surface area contributed by atoms with E-state index in [-0.39, 0.29) is 23.7 Å². The lowest BCUT2D eigenvalue weighted by atomic mass is 10.2. The molecule has 0 aromatic heterocycles. The third kappa shape index (κ3) is 7.11. The second-order valence-electron chi connectivity index (χ2n) is 6.23. The van der Waals surface area contributed by atoms with Gasteiger partial charge in [0.25, 0.3) is 17.7 Å². The maximum absolute atomic E-state index is 12.3. The normalized spacial score (nSPS) is 11.1. The number of hydrazine groups is 1. The number of benzene rings is 2. The summed E-state index contributed by atoms with van der Waals surface area (Å²) in [5, 5.41) is 0. The number of ether oxygens (including phenoxy) is 4. The summed E-state index contributed by atoms with van der Waals surface area (Å²) < 4.78 is 21.3. The molecule has 0 saturated heterocycles. The van der Waals surface area contributed by atoms with Gasteiger partial charge in [-0.25, -0.2) is 0 Å². The Balaban J connectivity index is 1.90. The summed E-state index contributed by atoms with van der Waals surface area (Å²) in [5.41, 5.74) is 9.85. The Hall–Kier alpha value is -3.95. The van der Waals surface area contributed by atoms with Crippen LogP contribution in [0.4, 0.5) is 0 Å². The van der Waals surface area contributed by atoms with Crippen molar-refractivity contribution in [1.29, 1.82) is 0 Å². The van der Waals surface area contributed by atoms with Gasteiger partial charge < -0.3 is 24.7 Å². The van der Waals surface area contributed by atoms with Crippen molar-refractivity contribution in [2.45, 2.75) is 20.0 Å². The van der Waals surface area contributed by atoms with Crippen molar-refractivity contribution in [2.75, 3.05) is 20.3 Å². The SMILES string of the molecule is CCOc1ccc(OC(C)C(=O)NNC(=O)c2ccc(OCC(N)=O)c(OC)c2)cc1. The molecule has 0 radical (unpaired) electrons. The molecule has 10 heteroatoms. The molecule has 10 nitrogen and oxygen atoms in total. The highest BCUT2D eigenvalue weighted by Crippen LogP contribution is 2.28. The predicted molar refractivity (Wildman–Crippen MR) is 111 cm³/mol. The Labute approximate surface area is 179 Å². The van der Waals surface area contributed by atoms with Gasteiger partial charge in [0, 0.05) is 5.56 Å². The molecule has 0 aliphatic heterocycles. The molecule has 166 valence electrons. The van der Waals surface area contributed by atoms with E-state index in [1.807, 2.05) is 6.92 Å². The first-order valence-electron chi connectivity index (χ1n) is 9.42. The van der Waals surface area contributed by atoms with Crippen molar-refractivity contribution in [1.82, 2.24) is 10.9 Å². The molecule has 0 spiro atoms. The molecule has 31 heavy (non-hydrogen) atoms. The predicted octanol–water partition coefficient (Wildman–Crippen LogP) is 1.19. The van der Waals surface area contributed by atoms with Crippen molar-refractivity contribution in [3.63, 3.8) is 0 Å². The molecule has 0 aliphatic carbocycles. The van der Waals surface area contributed by atoms with Crippen LogP contribution >= 0.6 is 0 Å². The maximum Gasteiger partial charge on any atom is 0.279 e. The number of primary amides is 1. The summed E-state index contributed by atoms with van der Waals surface area (Å²) in [5.74, 6) is -0.119. The number of hydrogen-bond acceptors (Lipinski definition) is 7. The lowest BCUT2D eigenvalue weighted by Crippen LogP contribution is -2.47. The molecule has 0 bridgehead atoms. The van der Waals surface area contributed by atoms with Crippen LogP contribution in [0.3, 0.4) is 0 Å². The summed E-state index contributed by atoms with van der Waals surface area (Å²) in [7, 11) is 1.38. The Morgan fingerprint density at radius 2 is 1.65 bits per heavy atom. The smallest absolute Gasteiger partial charge is 0.279 e. The van der Waals surface area contributed by atoms with Gasteiger partial charge in [-0.05, 0) is 56.3 Å². The Bertz CT molecular complexity index is 916. The van der Waals surface area contributed by atoms with Crippen LogP contribution in [-0.4, -0.2) is 44.1 Å². The van der Waals surface area contributed by atoms with E-state index in [0.29, 0.717) is 18.1 Å². The molecular formula is C21H25N3O7. The molecule has 2 rings (SSSR count). The number of nitrogens with one attached hydrogen (secondary N) is 2. The average molecular weight is 431 g/mol. The standard InChI is InChI=1S/C21H25N3O7/c1-4-29-15-6-8-16(9-7-15)31-13(2)20(26)23-24-21(27)14-5-10-17(18(11-14)28-3)30-12-19(22)25/h5-11,13H,4,12H2,1-3H3,(H2,22,25)(H,23,26)(H,24,27). The largest absolute Gasteiger partial charge is 0.494 e. The van der Waals surface area contributed by atoms with E-state index in [1.54, 1.807) is 31.2 Å². The second-order valence-corrected chi connectivity index (χ2v) is 6.23. The van der Waals surface area contributed by atoms with E-state index >= 15 is 0 Å². The van der Waals surface area contributed by atoms with Gasteiger partial charge in [-0.2, -0.15) is 0 Å². The van der Waals surface area contributed by atoms with Gasteiger partial charge in [-0.1, -0.05) is 0 Å². The van der Waals surface area contributed by atoms with Crippen LogP contribution in [0.15, 0.2) is 42.5 Å². The zero-order valence-corrected chi connectivity index (χ0v) is 17.5. The van der Waals surface area contributed by atoms with Crippen molar-refractivity contribution in [3.05, 3.63) is 48.0 Å². The fourth-order valence-electron chi connectivity index (χ4n) is 2.41. The minimum Gasteiger partial charge on any atom is -0.494 e. The summed E-state index contributed by atoms with van der Waals surface area (Å²) in [6, 6.07) is 11.1. The van der Waals surface area contributed by atoms with Crippen LogP contribution in [0, 0.1) is 0 Å². The third-order valence-electron chi connectivity index (χ3n) is 3.91. The number of rotatable bonds is 10. The molecular weight excluding hydrogens is 406 g/mol. The highest BCUT2D eigenvalue weighted by molar-refractivity contribution is 5.96. The molecule has 1 atom stereocenters. The quantitative estimate of drug-likeness (QED) is 0.480. The van der Waals surface area contributed by atoms with Crippen molar-refractivity contribution in [2.24, 2.45) is 5.73 Å². The lowest BCUT2D eigenvalue weighted by Gasteiger charge is -2.16. The van der Waals surface area contributed by atoms with Crippen LogP contribution in [0.5, 0.6) is 23.0 Å². The van der Waals surface area contributed by atoms with Gasteiger partial charge in [0.05, 0.1) is 13.7 Å². The highest BCUT2D eigenvalue weighted by atomic mass is 16.5. The van der Waals surface area contributed by atoms with Gasteiger partial charge in [-0.3, -0.25) is 25.2 Å². The van der Waals surface area contributed by atoms with Crippen molar-refractivity contribution >= 4 is 17.7 Å². The molecule has 0 aliphatic rings. The average Bonchev–Trinajstić information content (AvgIpc) is 2.77. The monoisotopic (exact) mass is 431 g/mol. The zero-order chi connectivity index (χ0) is 22.8. The number of hydrogen-bond donors (Lipinski definition) is 3. The zero-order valence-electron chi connectivity index (χ0n) is 17.5. The molecule has 0 fully saturated rings. The van der Waals surface area contributed by atoms with Crippen molar-refractivity contribution in [3.8, 4) is 23.0 Å². The van der Waals surface area contributed by atoms with E-state index in [1.165, 1.54) is 25.3 Å². The van der Waals surface area contributed by atoms with E-state index in [2.05, 4.69) is 10.9 Å². The van der Waals surface area contributed by atoms with Gasteiger partial charge in [0.2, 0.25) is 0 Å². The van der Waals surface area contributed by atoms with Gasteiger partial charge in [-0.15, -0.1) is 0 Å². The van der Waals surface area contributed by atoms with E-state index in [4.69, 9.17) is 24.7 Å². The number of amides is 3. The van der Waals surface area contributed by atoms with E-state index in [9.17, 15) is 14.4 Å². The lowest BCUT2D eigenvalue weighted by molar-refractivity contribution is -0.128. The number of methoxy groups -OCH3 is 1. The first-order chi connectivity index (χ1) is 14.8. The van der Waals surface area contributed by atoms with Gasteiger partial charge in [0.1, 0.15) is 11.5 Å². The Morgan fingerprint density at radius 1 is 0.968 bits per heavy atom. The fraction of sp³-hybridized carbons (Fsp3) is 0.286. The van der Waals surface area contributed by atoms with Crippen LogP contribution in [0.25, 0.3) is 0 Å². The van der Waals surface area contributed by atoms with Crippen LogP contribution in [-0.2, 0) is 9.59 Å². The fourth-order valence-corrected chi connectivity index (χ4v) is 2.41. The van der Waals surface area contributed by atoms with E-state index in [0.717, 1.165) is 0 Å². The molecule has 0 heterocycles. The summed E-state index contributed by atoms with van der Waals surface area (Å²) in [6.45, 7) is 3.65. The Morgan fingerprint density at radius 3 is 2.26 bits per heavy atom. The minimum atomic E-state index is -0.864. The van der Waals surface area contributed by atoms with Crippen LogP contribution < -0.4 is 35.5 Å². The summed E-state index contributed by atoms with van der Waals surface area (Å²) in [6.07, 6.45) is -0.864.